The summed E-state index contributed by atoms with van der Waals surface area (Å²) in [5.41, 5.74) is 1.42. The Labute approximate surface area is 130 Å². The molecule has 112 valence electrons. The Balaban J connectivity index is 1.99. The van der Waals surface area contributed by atoms with Crippen molar-refractivity contribution in [3.63, 3.8) is 0 Å². The second-order valence-electron chi connectivity index (χ2n) is 4.47. The van der Waals surface area contributed by atoms with Gasteiger partial charge in [-0.05, 0) is 40.0 Å². The predicted octanol–water partition coefficient (Wildman–Crippen LogP) is 1.36. The van der Waals surface area contributed by atoms with Gasteiger partial charge in [0.25, 0.3) is 5.56 Å². The minimum Gasteiger partial charge on any atom is -0.508 e. The molecule has 1 aromatic carbocycles. The molecule has 1 aromatic heterocycles. The highest BCUT2D eigenvalue weighted by Gasteiger charge is 2.08. The van der Waals surface area contributed by atoms with Crippen molar-refractivity contribution >= 4 is 21.6 Å². The molecule has 0 aliphatic carbocycles. The molecule has 2 rings (SSSR count). The summed E-state index contributed by atoms with van der Waals surface area (Å²) in [6.07, 6.45) is 2.31. The van der Waals surface area contributed by atoms with E-state index in [1.807, 2.05) is 12.1 Å². The van der Waals surface area contributed by atoms with Crippen LogP contribution < -0.4 is 10.9 Å². The van der Waals surface area contributed by atoms with Gasteiger partial charge in [0.2, 0.25) is 0 Å². The molecule has 0 unspecified atom stereocenters. The summed E-state index contributed by atoms with van der Waals surface area (Å²) in [5.74, 6) is 0.242. The van der Waals surface area contributed by atoms with Crippen molar-refractivity contribution in [1.29, 1.82) is 0 Å². The molecule has 0 aliphatic heterocycles. The second kappa shape index (κ2) is 7.24. The van der Waals surface area contributed by atoms with Crippen LogP contribution in [0.15, 0.2) is 39.7 Å². The van der Waals surface area contributed by atoms with Crippen LogP contribution in [-0.4, -0.2) is 33.1 Å². The Morgan fingerprint density at radius 2 is 2.00 bits per heavy atom. The lowest BCUT2D eigenvalue weighted by Crippen LogP contribution is -2.26. The van der Waals surface area contributed by atoms with E-state index in [1.54, 1.807) is 18.3 Å². The first-order chi connectivity index (χ1) is 10.1. The number of hydrogen-bond acceptors (Lipinski definition) is 5. The number of aromatic nitrogens is 2. The molecular weight excluding hydrogens is 338 g/mol. The van der Waals surface area contributed by atoms with Crippen molar-refractivity contribution in [3.8, 4) is 5.75 Å². The molecule has 0 aliphatic rings. The Morgan fingerprint density at radius 1 is 1.29 bits per heavy atom. The second-order valence-corrected chi connectivity index (χ2v) is 5.26. The summed E-state index contributed by atoms with van der Waals surface area (Å²) in [6.45, 7) is 0.673. The highest BCUT2D eigenvalue weighted by atomic mass is 79.9. The third-order valence-electron chi connectivity index (χ3n) is 2.96. The van der Waals surface area contributed by atoms with Crippen LogP contribution in [0, 0.1) is 0 Å². The largest absolute Gasteiger partial charge is 0.508 e. The lowest BCUT2D eigenvalue weighted by molar-refractivity contribution is 0.266. The number of nitrogens with one attached hydrogen (secondary N) is 1. The average molecular weight is 354 g/mol. The number of benzene rings is 1. The van der Waals surface area contributed by atoms with Gasteiger partial charge in [-0.1, -0.05) is 12.1 Å². The van der Waals surface area contributed by atoms with E-state index in [2.05, 4.69) is 26.3 Å². The van der Waals surface area contributed by atoms with Crippen LogP contribution >= 0.6 is 15.9 Å². The van der Waals surface area contributed by atoms with E-state index in [1.165, 1.54) is 4.68 Å². The predicted molar refractivity (Wildman–Crippen MR) is 83.6 cm³/mol. The summed E-state index contributed by atoms with van der Waals surface area (Å²) in [5, 5.41) is 25.2. The van der Waals surface area contributed by atoms with Crippen LogP contribution in [0.25, 0.3) is 0 Å². The van der Waals surface area contributed by atoms with Crippen molar-refractivity contribution < 1.29 is 10.2 Å². The molecule has 0 saturated carbocycles. The lowest BCUT2D eigenvalue weighted by atomic mass is 10.1. The minimum atomic E-state index is -0.279. The van der Waals surface area contributed by atoms with Gasteiger partial charge in [0.15, 0.2) is 0 Å². The zero-order chi connectivity index (χ0) is 15.2. The normalized spacial score (nSPS) is 10.6. The number of nitrogens with zero attached hydrogens (tertiary/aromatic N) is 2. The van der Waals surface area contributed by atoms with E-state index < -0.39 is 0 Å². The third-order valence-corrected chi connectivity index (χ3v) is 3.73. The molecule has 0 spiro atoms. The standard InChI is InChI=1S/C14H16BrN3O3/c15-13-12(9-17-18(7-8-19)14(13)21)16-6-5-10-1-3-11(20)4-2-10/h1-4,9,16,19-20H,5-8H2. The average Bonchev–Trinajstić information content (AvgIpc) is 2.48. The summed E-state index contributed by atoms with van der Waals surface area (Å²) >= 11 is 3.25. The molecular formula is C14H16BrN3O3. The molecule has 0 saturated heterocycles. The van der Waals surface area contributed by atoms with Crippen molar-refractivity contribution in [2.75, 3.05) is 18.5 Å². The Kier molecular flexibility index (Phi) is 5.35. The molecule has 0 radical (unpaired) electrons. The Bertz CT molecular complexity index is 656. The van der Waals surface area contributed by atoms with Crippen molar-refractivity contribution in [2.24, 2.45) is 0 Å². The fourth-order valence-electron chi connectivity index (χ4n) is 1.85. The highest BCUT2D eigenvalue weighted by molar-refractivity contribution is 9.10. The van der Waals surface area contributed by atoms with Crippen molar-refractivity contribution in [2.45, 2.75) is 13.0 Å². The van der Waals surface area contributed by atoms with Gasteiger partial charge in [0.1, 0.15) is 10.2 Å². The minimum absolute atomic E-state index is 0.132. The van der Waals surface area contributed by atoms with E-state index in [4.69, 9.17) is 5.11 Å². The third kappa shape index (κ3) is 4.05. The maximum Gasteiger partial charge on any atom is 0.283 e. The van der Waals surface area contributed by atoms with Gasteiger partial charge in [-0.25, -0.2) is 4.68 Å². The van der Waals surface area contributed by atoms with Gasteiger partial charge in [0.05, 0.1) is 25.0 Å². The van der Waals surface area contributed by atoms with Crippen LogP contribution in [0.3, 0.4) is 0 Å². The molecule has 0 bridgehead atoms. The maximum absolute atomic E-state index is 11.9. The smallest absolute Gasteiger partial charge is 0.283 e. The van der Waals surface area contributed by atoms with Crippen LogP contribution in [0.1, 0.15) is 5.56 Å². The van der Waals surface area contributed by atoms with Crippen LogP contribution in [0.4, 0.5) is 5.69 Å². The molecule has 0 amide bonds. The zero-order valence-electron chi connectivity index (χ0n) is 11.3. The molecule has 1 heterocycles. The van der Waals surface area contributed by atoms with Crippen LogP contribution in [0.5, 0.6) is 5.75 Å². The summed E-state index contributed by atoms with van der Waals surface area (Å²) in [6, 6.07) is 6.98. The van der Waals surface area contributed by atoms with Crippen molar-refractivity contribution in [3.05, 3.63) is 50.9 Å². The molecule has 0 fully saturated rings. The topological polar surface area (TPSA) is 87.4 Å². The van der Waals surface area contributed by atoms with Gasteiger partial charge >= 0.3 is 0 Å². The molecule has 21 heavy (non-hydrogen) atoms. The number of phenolic OH excluding ortho intramolecular Hbond substituents is 1. The number of rotatable bonds is 6. The molecule has 7 heteroatoms. The number of anilines is 1. The van der Waals surface area contributed by atoms with E-state index in [-0.39, 0.29) is 24.5 Å². The summed E-state index contributed by atoms with van der Waals surface area (Å²) in [7, 11) is 0. The van der Waals surface area contributed by atoms with Crippen molar-refractivity contribution in [1.82, 2.24) is 9.78 Å². The molecule has 3 N–H and O–H groups in total. The van der Waals surface area contributed by atoms with Crippen LogP contribution in [-0.2, 0) is 13.0 Å². The van der Waals surface area contributed by atoms with Gasteiger partial charge in [-0.15, -0.1) is 0 Å². The van der Waals surface area contributed by atoms with Gasteiger partial charge in [0, 0.05) is 6.54 Å². The number of halogens is 1. The number of aromatic hydroxyl groups is 1. The fourth-order valence-corrected chi connectivity index (χ4v) is 2.29. The van der Waals surface area contributed by atoms with Gasteiger partial charge in [-0.3, -0.25) is 4.79 Å². The summed E-state index contributed by atoms with van der Waals surface area (Å²) in [4.78, 5) is 11.9. The molecule has 2 aromatic rings. The quantitative estimate of drug-likeness (QED) is 0.729. The fraction of sp³-hybridized carbons (Fsp3) is 0.286. The van der Waals surface area contributed by atoms with Gasteiger partial charge < -0.3 is 15.5 Å². The first kappa shape index (κ1) is 15.5. The first-order valence-electron chi connectivity index (χ1n) is 6.50. The monoisotopic (exact) mass is 353 g/mol. The SMILES string of the molecule is O=c1c(Br)c(NCCc2ccc(O)cc2)cnn1CCO. The molecule has 6 nitrogen and oxygen atoms in total. The van der Waals surface area contributed by atoms with E-state index in [0.717, 1.165) is 12.0 Å². The highest BCUT2D eigenvalue weighted by Crippen LogP contribution is 2.16. The Morgan fingerprint density at radius 3 is 2.67 bits per heavy atom. The van der Waals surface area contributed by atoms with E-state index in [0.29, 0.717) is 16.7 Å². The number of phenols is 1. The summed E-state index contributed by atoms with van der Waals surface area (Å²) < 4.78 is 1.60. The zero-order valence-corrected chi connectivity index (χ0v) is 12.9. The Hall–Kier alpha value is -1.86. The van der Waals surface area contributed by atoms with Crippen LogP contribution in [0.2, 0.25) is 0 Å². The lowest BCUT2D eigenvalue weighted by Gasteiger charge is -2.10. The van der Waals surface area contributed by atoms with E-state index in [9.17, 15) is 9.90 Å². The van der Waals surface area contributed by atoms with E-state index >= 15 is 0 Å². The number of aliphatic hydroxyl groups excluding tert-OH is 1. The first-order valence-corrected chi connectivity index (χ1v) is 7.29. The molecule has 0 atom stereocenters. The number of hydrogen-bond donors (Lipinski definition) is 3. The number of aliphatic hydroxyl groups is 1. The maximum atomic E-state index is 11.9. The van der Waals surface area contributed by atoms with Gasteiger partial charge in [-0.2, -0.15) is 5.10 Å².